The number of hydrogen-bond acceptors (Lipinski definition) is 2. The van der Waals surface area contributed by atoms with Crippen molar-refractivity contribution in [2.75, 3.05) is 27.2 Å². The zero-order valence-electron chi connectivity index (χ0n) is 12.7. The maximum absolute atomic E-state index is 12.0. The number of rotatable bonds is 4. The van der Waals surface area contributed by atoms with Gasteiger partial charge < -0.3 is 4.90 Å². The van der Waals surface area contributed by atoms with E-state index < -0.39 is 0 Å². The van der Waals surface area contributed by atoms with Gasteiger partial charge in [-0.1, -0.05) is 36.8 Å². The summed E-state index contributed by atoms with van der Waals surface area (Å²) in [6.07, 6.45) is 16.2. The van der Waals surface area contributed by atoms with Gasteiger partial charge in [0.05, 0.1) is 0 Å². The highest BCUT2D eigenvalue weighted by Gasteiger charge is 2.25. The number of nitrogens with zero attached hydrogens (tertiary/aromatic N) is 2. The second kappa shape index (κ2) is 7.44. The van der Waals surface area contributed by atoms with Gasteiger partial charge in [0, 0.05) is 33.1 Å². The monoisotopic (exact) mass is 274 g/mol. The molecule has 0 radical (unpaired) electrons. The molecule has 0 N–H and O–H groups in total. The summed E-state index contributed by atoms with van der Waals surface area (Å²) in [4.78, 5) is 16.2. The van der Waals surface area contributed by atoms with Crippen LogP contribution in [0.1, 0.15) is 32.1 Å². The molecule has 1 amide bonds. The van der Waals surface area contributed by atoms with Gasteiger partial charge in [-0.25, -0.2) is 0 Å². The van der Waals surface area contributed by atoms with E-state index in [1.807, 2.05) is 14.1 Å². The molecule has 1 heterocycles. The molecule has 1 saturated heterocycles. The lowest BCUT2D eigenvalue weighted by molar-refractivity contribution is -0.130. The van der Waals surface area contributed by atoms with Crippen molar-refractivity contribution in [3.05, 3.63) is 36.0 Å². The number of hydrogen-bond donors (Lipinski definition) is 0. The summed E-state index contributed by atoms with van der Waals surface area (Å²) in [5.41, 5.74) is 1.35. The molecule has 0 aromatic carbocycles. The lowest BCUT2D eigenvalue weighted by Crippen LogP contribution is -2.43. The first-order valence-corrected chi connectivity index (χ1v) is 7.63. The van der Waals surface area contributed by atoms with Gasteiger partial charge in [0.15, 0.2) is 0 Å². The van der Waals surface area contributed by atoms with Crippen LogP contribution in [0.25, 0.3) is 0 Å². The van der Waals surface area contributed by atoms with Gasteiger partial charge >= 0.3 is 0 Å². The molecule has 1 aliphatic heterocycles. The van der Waals surface area contributed by atoms with Gasteiger partial charge in [0.2, 0.25) is 5.91 Å². The van der Waals surface area contributed by atoms with E-state index in [9.17, 15) is 4.79 Å². The molecule has 20 heavy (non-hydrogen) atoms. The average Bonchev–Trinajstić information content (AvgIpc) is 2.69. The van der Waals surface area contributed by atoms with Crippen molar-refractivity contribution in [1.29, 1.82) is 0 Å². The highest BCUT2D eigenvalue weighted by atomic mass is 16.2. The molecular weight excluding hydrogens is 248 g/mol. The third-order valence-corrected chi connectivity index (χ3v) is 4.09. The number of piperidine rings is 1. The number of allylic oxidation sites excluding steroid dienone is 4. The summed E-state index contributed by atoms with van der Waals surface area (Å²) >= 11 is 0. The first-order chi connectivity index (χ1) is 9.66. The Kier molecular flexibility index (Phi) is 5.60. The van der Waals surface area contributed by atoms with E-state index in [1.54, 1.807) is 4.90 Å². The van der Waals surface area contributed by atoms with Crippen LogP contribution in [-0.2, 0) is 4.79 Å². The Morgan fingerprint density at radius 3 is 3.00 bits per heavy atom. The smallest absolute Gasteiger partial charge is 0.223 e. The predicted octanol–water partition coefficient (Wildman–Crippen LogP) is 2.76. The Bertz CT molecular complexity index is 421. The van der Waals surface area contributed by atoms with Crippen molar-refractivity contribution < 1.29 is 4.79 Å². The maximum Gasteiger partial charge on any atom is 0.223 e. The number of carbonyl (C=O) groups excluding carboxylic acids is 1. The van der Waals surface area contributed by atoms with Crippen molar-refractivity contribution in [2.45, 2.75) is 38.1 Å². The van der Waals surface area contributed by atoms with Gasteiger partial charge in [0.1, 0.15) is 0 Å². The largest absolute Gasteiger partial charge is 0.349 e. The molecule has 0 bridgehead atoms. The van der Waals surface area contributed by atoms with Crippen molar-refractivity contribution in [2.24, 2.45) is 0 Å². The standard InChI is InChI=1S/C17H26N2O/c1-18(2)17(20)13-16-11-7-8-12-19(16)14-15-9-5-3-4-6-10-15/h3,5-6,9-10,16H,4,7-8,11-14H2,1-2H3. The lowest BCUT2D eigenvalue weighted by Gasteiger charge is -2.36. The molecule has 1 fully saturated rings. The van der Waals surface area contributed by atoms with Crippen LogP contribution in [0, 0.1) is 0 Å². The van der Waals surface area contributed by atoms with Crippen LogP contribution in [0.4, 0.5) is 0 Å². The first kappa shape index (κ1) is 15.0. The van der Waals surface area contributed by atoms with E-state index in [0.717, 1.165) is 25.9 Å². The van der Waals surface area contributed by atoms with E-state index in [4.69, 9.17) is 0 Å². The highest BCUT2D eigenvalue weighted by molar-refractivity contribution is 5.76. The molecule has 0 aromatic rings. The third-order valence-electron chi connectivity index (χ3n) is 4.09. The summed E-state index contributed by atoms with van der Waals surface area (Å²) < 4.78 is 0. The Morgan fingerprint density at radius 2 is 2.20 bits per heavy atom. The van der Waals surface area contributed by atoms with Gasteiger partial charge in [-0.3, -0.25) is 9.69 Å². The molecule has 2 rings (SSSR count). The first-order valence-electron chi connectivity index (χ1n) is 7.63. The summed E-state index contributed by atoms with van der Waals surface area (Å²) in [6, 6.07) is 0.403. The van der Waals surface area contributed by atoms with Crippen molar-refractivity contribution in [3.63, 3.8) is 0 Å². The van der Waals surface area contributed by atoms with Crippen LogP contribution in [-0.4, -0.2) is 48.9 Å². The van der Waals surface area contributed by atoms with Crippen LogP contribution in [0.15, 0.2) is 36.0 Å². The molecule has 0 saturated carbocycles. The zero-order valence-corrected chi connectivity index (χ0v) is 12.7. The fraction of sp³-hybridized carbons (Fsp3) is 0.588. The topological polar surface area (TPSA) is 23.6 Å². The Morgan fingerprint density at radius 1 is 1.35 bits per heavy atom. The highest BCUT2D eigenvalue weighted by Crippen LogP contribution is 2.22. The lowest BCUT2D eigenvalue weighted by atomic mass is 9.98. The van der Waals surface area contributed by atoms with E-state index >= 15 is 0 Å². The Labute approximate surface area is 122 Å². The molecule has 0 spiro atoms. The maximum atomic E-state index is 12.0. The summed E-state index contributed by atoms with van der Waals surface area (Å²) in [5.74, 6) is 0.243. The molecule has 1 atom stereocenters. The summed E-state index contributed by atoms with van der Waals surface area (Å²) in [7, 11) is 3.69. The summed E-state index contributed by atoms with van der Waals surface area (Å²) in [5, 5.41) is 0. The molecule has 3 heteroatoms. The van der Waals surface area contributed by atoms with Gasteiger partial charge in [-0.2, -0.15) is 0 Å². The van der Waals surface area contributed by atoms with E-state index in [2.05, 4.69) is 35.3 Å². The SMILES string of the molecule is CN(C)C(=O)CC1CCCCN1CC1=CC=CCC=C1. The molecular formula is C17H26N2O. The minimum absolute atomic E-state index is 0.243. The number of carbonyl (C=O) groups is 1. The van der Waals surface area contributed by atoms with Crippen molar-refractivity contribution in [1.82, 2.24) is 9.80 Å². The van der Waals surface area contributed by atoms with Crippen molar-refractivity contribution >= 4 is 5.91 Å². The van der Waals surface area contributed by atoms with Gasteiger partial charge in [-0.15, -0.1) is 0 Å². The second-order valence-electron chi connectivity index (χ2n) is 5.92. The predicted molar refractivity (Wildman–Crippen MR) is 83.5 cm³/mol. The van der Waals surface area contributed by atoms with E-state index in [1.165, 1.54) is 18.4 Å². The Hall–Kier alpha value is -1.35. The normalized spacial score (nSPS) is 23.3. The zero-order chi connectivity index (χ0) is 14.4. The van der Waals surface area contributed by atoms with Crippen LogP contribution < -0.4 is 0 Å². The molecule has 110 valence electrons. The van der Waals surface area contributed by atoms with Crippen molar-refractivity contribution in [3.8, 4) is 0 Å². The third kappa shape index (κ3) is 4.34. The molecule has 0 aromatic heterocycles. The van der Waals surface area contributed by atoms with E-state index in [0.29, 0.717) is 12.5 Å². The number of likely N-dealkylation sites (tertiary alicyclic amines) is 1. The quantitative estimate of drug-likeness (QED) is 0.787. The fourth-order valence-electron chi connectivity index (χ4n) is 2.85. The summed E-state index contributed by atoms with van der Waals surface area (Å²) in [6.45, 7) is 2.08. The van der Waals surface area contributed by atoms with Crippen LogP contribution in [0.2, 0.25) is 0 Å². The van der Waals surface area contributed by atoms with Crippen LogP contribution in [0.3, 0.4) is 0 Å². The fourth-order valence-corrected chi connectivity index (χ4v) is 2.85. The molecule has 1 aliphatic carbocycles. The van der Waals surface area contributed by atoms with Gasteiger partial charge in [0.25, 0.3) is 0 Å². The van der Waals surface area contributed by atoms with Crippen LogP contribution in [0.5, 0.6) is 0 Å². The molecule has 1 unspecified atom stereocenters. The second-order valence-corrected chi connectivity index (χ2v) is 5.92. The minimum Gasteiger partial charge on any atom is -0.349 e. The molecule has 2 aliphatic rings. The average molecular weight is 274 g/mol. The van der Waals surface area contributed by atoms with Crippen LogP contribution >= 0.6 is 0 Å². The van der Waals surface area contributed by atoms with E-state index in [-0.39, 0.29) is 5.91 Å². The Balaban J connectivity index is 1.98. The number of amides is 1. The molecule has 3 nitrogen and oxygen atoms in total. The minimum atomic E-state index is 0.243. The van der Waals surface area contributed by atoms with Gasteiger partial charge in [-0.05, 0) is 31.4 Å².